The van der Waals surface area contributed by atoms with E-state index in [1.807, 2.05) is 36.4 Å². The summed E-state index contributed by atoms with van der Waals surface area (Å²) in [5.41, 5.74) is 4.71. The summed E-state index contributed by atoms with van der Waals surface area (Å²) in [6.07, 6.45) is 4.67. The van der Waals surface area contributed by atoms with Crippen molar-refractivity contribution >= 4 is 23.5 Å². The quantitative estimate of drug-likeness (QED) is 0.273. The van der Waals surface area contributed by atoms with Crippen LogP contribution in [0.3, 0.4) is 0 Å². The van der Waals surface area contributed by atoms with Gasteiger partial charge in [-0.15, -0.1) is 0 Å². The molecule has 1 spiro atoms. The SMILES string of the molecule is CC(OC(=O)c1ccccc1C(=O)O)c1ccccc1.COc1cc2c(cc1OC)C13CCN4CC5=CCOC6CC(=O)N2C1C6C5CC43. The van der Waals surface area contributed by atoms with Gasteiger partial charge in [-0.2, -0.15) is 0 Å². The molecule has 3 aromatic carbocycles. The lowest BCUT2D eigenvalue weighted by molar-refractivity contribution is -0.132. The minimum absolute atomic E-state index is 0.0242. The second-order valence-corrected chi connectivity index (χ2v) is 13.8. The summed E-state index contributed by atoms with van der Waals surface area (Å²) >= 11 is 0. The number of ether oxygens (including phenoxy) is 4. The molecular weight excluding hydrogens is 624 g/mol. The number of benzene rings is 3. The Balaban J connectivity index is 0.000000154. The van der Waals surface area contributed by atoms with Crippen molar-refractivity contribution in [3.63, 3.8) is 0 Å². The highest BCUT2D eigenvalue weighted by Gasteiger charge is 2.71. The molecule has 2 bridgehead atoms. The first kappa shape index (κ1) is 31.6. The lowest BCUT2D eigenvalue weighted by Gasteiger charge is -2.58. The Morgan fingerprint density at radius 3 is 2.45 bits per heavy atom. The second kappa shape index (κ2) is 12.0. The molecule has 1 aliphatic carbocycles. The normalized spacial score (nSPS) is 29.0. The first-order valence-electron chi connectivity index (χ1n) is 17.0. The number of rotatable bonds is 6. The number of hydrogen-bond donors (Lipinski definition) is 1. The molecule has 10 nitrogen and oxygen atoms in total. The van der Waals surface area contributed by atoms with Gasteiger partial charge in [0.25, 0.3) is 0 Å². The molecule has 0 aromatic heterocycles. The molecule has 254 valence electrons. The lowest BCUT2D eigenvalue weighted by atomic mass is 9.53. The van der Waals surface area contributed by atoms with E-state index in [-0.39, 0.29) is 34.6 Å². The minimum atomic E-state index is -1.15. The van der Waals surface area contributed by atoms with E-state index in [1.165, 1.54) is 24.1 Å². The molecule has 3 saturated heterocycles. The monoisotopic (exact) mass is 664 g/mol. The second-order valence-electron chi connectivity index (χ2n) is 13.8. The van der Waals surface area contributed by atoms with Crippen LogP contribution in [0.5, 0.6) is 11.5 Å². The van der Waals surface area contributed by atoms with Crippen LogP contribution < -0.4 is 14.4 Å². The number of methoxy groups -OCH3 is 2. The van der Waals surface area contributed by atoms with E-state index in [2.05, 4.69) is 21.9 Å². The zero-order valence-electron chi connectivity index (χ0n) is 27.8. The Morgan fingerprint density at radius 2 is 1.71 bits per heavy atom. The number of carbonyl (C=O) groups is 3. The fourth-order valence-electron chi connectivity index (χ4n) is 9.74. The Hall–Kier alpha value is -4.67. The van der Waals surface area contributed by atoms with E-state index < -0.39 is 18.0 Å². The van der Waals surface area contributed by atoms with Crippen LogP contribution in [0.2, 0.25) is 0 Å². The molecular formula is C39H40N2O8. The van der Waals surface area contributed by atoms with Crippen LogP contribution in [-0.4, -0.2) is 80.0 Å². The van der Waals surface area contributed by atoms with E-state index in [9.17, 15) is 14.4 Å². The highest BCUT2D eigenvalue weighted by molar-refractivity contribution is 6.02. The van der Waals surface area contributed by atoms with Crippen LogP contribution >= 0.6 is 0 Å². The predicted octanol–water partition coefficient (Wildman–Crippen LogP) is 5.41. The van der Waals surface area contributed by atoms with Gasteiger partial charge >= 0.3 is 11.9 Å². The average molecular weight is 665 g/mol. The summed E-state index contributed by atoms with van der Waals surface area (Å²) in [5.74, 6) is 0.786. The Morgan fingerprint density at radius 1 is 1.00 bits per heavy atom. The van der Waals surface area contributed by atoms with Crippen molar-refractivity contribution in [1.29, 1.82) is 0 Å². The van der Waals surface area contributed by atoms with Crippen molar-refractivity contribution in [2.75, 3.05) is 38.8 Å². The highest BCUT2D eigenvalue weighted by atomic mass is 16.5. The topological polar surface area (TPSA) is 115 Å². The number of fused-ring (bicyclic) bond motifs is 2. The van der Waals surface area contributed by atoms with Gasteiger partial charge in [0.2, 0.25) is 5.91 Å². The highest BCUT2D eigenvalue weighted by Crippen LogP contribution is 2.66. The summed E-state index contributed by atoms with van der Waals surface area (Å²) < 4.78 is 22.9. The predicted molar refractivity (Wildman–Crippen MR) is 180 cm³/mol. The van der Waals surface area contributed by atoms with Crippen LogP contribution in [0.4, 0.5) is 5.69 Å². The molecule has 1 N–H and O–H groups in total. The summed E-state index contributed by atoms with van der Waals surface area (Å²) in [4.78, 5) is 41.4. The lowest BCUT2D eigenvalue weighted by Crippen LogP contribution is -2.69. The van der Waals surface area contributed by atoms with Gasteiger partial charge in [0.15, 0.2) is 11.5 Å². The largest absolute Gasteiger partial charge is 0.493 e. The molecule has 3 aromatic rings. The van der Waals surface area contributed by atoms with Gasteiger partial charge in [0.05, 0.1) is 56.2 Å². The molecule has 5 heterocycles. The fraction of sp³-hybridized carbons (Fsp3) is 0.410. The number of nitrogens with zero attached hydrogens (tertiary/aromatic N) is 2. The zero-order valence-corrected chi connectivity index (χ0v) is 27.8. The van der Waals surface area contributed by atoms with Crippen molar-refractivity contribution in [3.8, 4) is 11.5 Å². The maximum atomic E-state index is 13.5. The molecule has 1 saturated carbocycles. The minimum Gasteiger partial charge on any atom is -0.493 e. The van der Waals surface area contributed by atoms with Gasteiger partial charge in [0.1, 0.15) is 6.10 Å². The number of amides is 1. The zero-order chi connectivity index (χ0) is 34.0. The molecule has 6 aliphatic rings. The van der Waals surface area contributed by atoms with Crippen molar-refractivity contribution < 1.29 is 38.4 Å². The molecule has 49 heavy (non-hydrogen) atoms. The maximum Gasteiger partial charge on any atom is 0.339 e. The van der Waals surface area contributed by atoms with E-state index in [0.29, 0.717) is 36.7 Å². The van der Waals surface area contributed by atoms with Gasteiger partial charge in [-0.05, 0) is 61.6 Å². The number of carbonyl (C=O) groups excluding carboxylic acids is 2. The molecule has 7 unspecified atom stereocenters. The van der Waals surface area contributed by atoms with Crippen molar-refractivity contribution in [2.24, 2.45) is 11.8 Å². The van der Waals surface area contributed by atoms with Crippen LogP contribution in [0.15, 0.2) is 78.4 Å². The van der Waals surface area contributed by atoms with Gasteiger partial charge in [-0.25, -0.2) is 9.59 Å². The van der Waals surface area contributed by atoms with Gasteiger partial charge < -0.3 is 29.0 Å². The molecule has 1 amide bonds. The first-order valence-corrected chi connectivity index (χ1v) is 17.0. The van der Waals surface area contributed by atoms with Crippen LogP contribution in [0.1, 0.15) is 64.1 Å². The molecule has 10 heteroatoms. The number of carboxylic acids is 1. The number of esters is 1. The first-order chi connectivity index (χ1) is 23.8. The number of piperidine rings is 2. The Labute approximate surface area is 285 Å². The van der Waals surface area contributed by atoms with Crippen molar-refractivity contribution in [2.45, 2.75) is 55.9 Å². The number of carboxylic acid groups (broad SMARTS) is 1. The summed E-state index contributed by atoms with van der Waals surface area (Å²) in [7, 11) is 3.36. The van der Waals surface area contributed by atoms with Gasteiger partial charge in [-0.1, -0.05) is 54.1 Å². The third-order valence-corrected chi connectivity index (χ3v) is 11.7. The average Bonchev–Trinajstić information content (AvgIpc) is 3.59. The third-order valence-electron chi connectivity index (χ3n) is 11.7. The Bertz CT molecular complexity index is 1860. The number of hydrogen-bond acceptors (Lipinski definition) is 8. The fourth-order valence-corrected chi connectivity index (χ4v) is 9.74. The summed E-state index contributed by atoms with van der Waals surface area (Å²) in [6, 6.07) is 20.2. The molecule has 5 aliphatic heterocycles. The number of aromatic carboxylic acids is 1. The Kier molecular flexibility index (Phi) is 7.76. The molecule has 4 fully saturated rings. The summed E-state index contributed by atoms with van der Waals surface area (Å²) in [6.45, 7) is 4.55. The van der Waals surface area contributed by atoms with Crippen molar-refractivity contribution in [3.05, 3.63) is 101 Å². The van der Waals surface area contributed by atoms with Crippen LogP contribution in [-0.2, 0) is 19.7 Å². The van der Waals surface area contributed by atoms with E-state index in [1.54, 1.807) is 38.8 Å². The number of anilines is 1. The van der Waals surface area contributed by atoms with Gasteiger partial charge in [-0.3, -0.25) is 9.69 Å². The molecule has 7 atom stereocenters. The van der Waals surface area contributed by atoms with Crippen molar-refractivity contribution in [1.82, 2.24) is 4.90 Å². The molecule has 9 rings (SSSR count). The standard InChI is InChI=1S/C23H26N2O4.C16H14O4/c1-27-16-8-14-15(9-17(16)28-2)25-20(26)10-18-21-13-7-19-23(14,22(21)25)4-5-24(19)11-12(13)3-6-29-18;1-11(12-7-3-2-4-8-12)20-16(19)14-10-6-5-9-13(14)15(17)18/h3,8-9,13,18-19,21-22H,4-7,10-11H2,1-2H3;2-11H,1H3,(H,17,18). The third kappa shape index (κ3) is 4.79. The maximum absolute atomic E-state index is 13.5. The van der Waals surface area contributed by atoms with E-state index in [0.717, 1.165) is 36.5 Å². The van der Waals surface area contributed by atoms with Crippen LogP contribution in [0.25, 0.3) is 0 Å². The smallest absolute Gasteiger partial charge is 0.339 e. The van der Waals surface area contributed by atoms with Crippen LogP contribution in [0, 0.1) is 11.8 Å². The molecule has 0 radical (unpaired) electrons. The van der Waals surface area contributed by atoms with E-state index in [4.69, 9.17) is 24.1 Å². The van der Waals surface area contributed by atoms with E-state index >= 15 is 0 Å². The summed E-state index contributed by atoms with van der Waals surface area (Å²) in [5, 5.41) is 9.06. The van der Waals surface area contributed by atoms with Gasteiger partial charge in [0, 0.05) is 30.0 Å².